The van der Waals surface area contributed by atoms with Crippen LogP contribution in [0.1, 0.15) is 18.5 Å². The summed E-state index contributed by atoms with van der Waals surface area (Å²) in [6.07, 6.45) is 5.26. The number of pyridine rings is 2. The number of nitrogens with zero attached hydrogens (tertiary/aromatic N) is 2. The van der Waals surface area contributed by atoms with E-state index in [0.29, 0.717) is 46.4 Å². The van der Waals surface area contributed by atoms with Crippen LogP contribution >= 0.6 is 0 Å². The summed E-state index contributed by atoms with van der Waals surface area (Å²) in [7, 11) is 1.56. The predicted molar refractivity (Wildman–Crippen MR) is 151 cm³/mol. The fourth-order valence-electron chi connectivity index (χ4n) is 4.47. The van der Waals surface area contributed by atoms with E-state index >= 15 is 0 Å². The number of piperidine rings is 1. The lowest BCUT2D eigenvalue weighted by molar-refractivity contribution is -0.136. The van der Waals surface area contributed by atoms with Gasteiger partial charge in [0.15, 0.2) is 23.1 Å². The van der Waals surface area contributed by atoms with Crippen LogP contribution in [0.3, 0.4) is 0 Å². The minimum atomic E-state index is -0.931. The number of benzene rings is 2. The van der Waals surface area contributed by atoms with Gasteiger partial charge >= 0.3 is 11.8 Å². The molecule has 0 spiro atoms. The van der Waals surface area contributed by atoms with E-state index in [9.17, 15) is 14.0 Å². The topological polar surface area (TPSA) is 124 Å². The van der Waals surface area contributed by atoms with Crippen molar-refractivity contribution in [1.82, 2.24) is 20.6 Å². The molecular formula is C30H30FN5O5. The Hall–Kier alpha value is -4.77. The van der Waals surface area contributed by atoms with Gasteiger partial charge in [0, 0.05) is 35.6 Å². The quantitative estimate of drug-likeness (QED) is 0.261. The molecule has 0 saturated carbocycles. The van der Waals surface area contributed by atoms with Crippen LogP contribution in [-0.4, -0.2) is 48.6 Å². The third-order valence-electron chi connectivity index (χ3n) is 6.69. The summed E-state index contributed by atoms with van der Waals surface area (Å²) < 4.78 is 32.5. The van der Waals surface area contributed by atoms with Crippen molar-refractivity contribution in [2.75, 3.05) is 32.1 Å². The molecule has 212 valence electrons. The maximum atomic E-state index is 15.0. The monoisotopic (exact) mass is 559 g/mol. The molecule has 5 rings (SSSR count). The highest BCUT2D eigenvalue weighted by Gasteiger charge is 2.18. The molecule has 2 aromatic carbocycles. The lowest BCUT2D eigenvalue weighted by Gasteiger charge is -2.23. The SMILES string of the molecule is COc1cc2c(Oc3ccc(NC(=O)C(=O)NCc4ccccn4)cc3F)ccnc2cc1OCC1CCNCC1. The zero-order valence-corrected chi connectivity index (χ0v) is 22.5. The van der Waals surface area contributed by atoms with Gasteiger partial charge in [0.2, 0.25) is 0 Å². The second kappa shape index (κ2) is 13.1. The van der Waals surface area contributed by atoms with Gasteiger partial charge in [0.25, 0.3) is 0 Å². The molecule has 4 aromatic rings. The Labute approximate surface area is 236 Å². The number of rotatable bonds is 9. The van der Waals surface area contributed by atoms with Crippen LogP contribution in [-0.2, 0) is 16.1 Å². The molecular weight excluding hydrogens is 529 g/mol. The minimum Gasteiger partial charge on any atom is -0.493 e. The predicted octanol–water partition coefficient (Wildman–Crippen LogP) is 4.20. The van der Waals surface area contributed by atoms with Gasteiger partial charge in [0.05, 0.1) is 31.5 Å². The molecule has 1 aliphatic rings. The van der Waals surface area contributed by atoms with Crippen LogP contribution < -0.4 is 30.2 Å². The van der Waals surface area contributed by atoms with Gasteiger partial charge < -0.3 is 30.2 Å². The molecule has 11 heteroatoms. The van der Waals surface area contributed by atoms with Crippen LogP contribution in [0.25, 0.3) is 10.9 Å². The number of fused-ring (bicyclic) bond motifs is 1. The average Bonchev–Trinajstić information content (AvgIpc) is 3.00. The van der Waals surface area contributed by atoms with Crippen molar-refractivity contribution in [2.24, 2.45) is 5.92 Å². The Kier molecular flexibility index (Phi) is 8.85. The molecule has 2 aromatic heterocycles. The summed E-state index contributed by atoms with van der Waals surface area (Å²) in [4.78, 5) is 32.9. The Morgan fingerprint density at radius 3 is 2.56 bits per heavy atom. The number of hydrogen-bond donors (Lipinski definition) is 3. The maximum Gasteiger partial charge on any atom is 0.313 e. The van der Waals surface area contributed by atoms with Crippen LogP contribution in [0, 0.1) is 11.7 Å². The largest absolute Gasteiger partial charge is 0.493 e. The van der Waals surface area contributed by atoms with E-state index < -0.39 is 17.6 Å². The van der Waals surface area contributed by atoms with Gasteiger partial charge in [-0.3, -0.25) is 19.6 Å². The molecule has 3 N–H and O–H groups in total. The lowest BCUT2D eigenvalue weighted by Crippen LogP contribution is -2.35. The zero-order chi connectivity index (χ0) is 28.6. The minimum absolute atomic E-state index is 0.0692. The van der Waals surface area contributed by atoms with Crippen molar-refractivity contribution < 1.29 is 28.2 Å². The Balaban J connectivity index is 1.25. The van der Waals surface area contributed by atoms with Gasteiger partial charge in [-0.05, 0) is 68.2 Å². The molecule has 41 heavy (non-hydrogen) atoms. The van der Waals surface area contributed by atoms with Crippen molar-refractivity contribution >= 4 is 28.4 Å². The molecule has 3 heterocycles. The first-order valence-electron chi connectivity index (χ1n) is 13.3. The van der Waals surface area contributed by atoms with Gasteiger partial charge in [-0.25, -0.2) is 4.39 Å². The molecule has 0 aliphatic carbocycles. The molecule has 10 nitrogen and oxygen atoms in total. The van der Waals surface area contributed by atoms with Crippen molar-refractivity contribution in [3.05, 3.63) is 78.5 Å². The average molecular weight is 560 g/mol. The first-order chi connectivity index (χ1) is 20.0. The number of ether oxygens (including phenoxy) is 3. The third kappa shape index (κ3) is 7.06. The summed E-state index contributed by atoms with van der Waals surface area (Å²) >= 11 is 0. The number of nitrogens with one attached hydrogen (secondary N) is 3. The molecule has 0 bridgehead atoms. The van der Waals surface area contributed by atoms with E-state index in [-0.39, 0.29) is 18.0 Å². The summed E-state index contributed by atoms with van der Waals surface area (Å²) in [5.41, 5.74) is 1.30. The number of aromatic nitrogens is 2. The van der Waals surface area contributed by atoms with Crippen LogP contribution in [0.2, 0.25) is 0 Å². The number of anilines is 1. The van der Waals surface area contributed by atoms with Crippen LogP contribution in [0.5, 0.6) is 23.0 Å². The van der Waals surface area contributed by atoms with Crippen molar-refractivity contribution in [3.8, 4) is 23.0 Å². The van der Waals surface area contributed by atoms with E-state index in [0.717, 1.165) is 32.0 Å². The van der Waals surface area contributed by atoms with E-state index in [1.165, 1.54) is 12.1 Å². The zero-order valence-electron chi connectivity index (χ0n) is 22.5. The Morgan fingerprint density at radius 2 is 1.80 bits per heavy atom. The molecule has 0 atom stereocenters. The third-order valence-corrected chi connectivity index (χ3v) is 6.69. The second-order valence-electron chi connectivity index (χ2n) is 9.54. The highest BCUT2D eigenvalue weighted by atomic mass is 19.1. The Bertz CT molecular complexity index is 1530. The summed E-state index contributed by atoms with van der Waals surface area (Å²) in [5, 5.41) is 8.82. The summed E-state index contributed by atoms with van der Waals surface area (Å²) in [5.74, 6) is -0.663. The fourth-order valence-corrected chi connectivity index (χ4v) is 4.47. The first-order valence-corrected chi connectivity index (χ1v) is 13.3. The maximum absolute atomic E-state index is 15.0. The standard InChI is InChI=1S/C30H30FN5O5/c1-39-27-15-22-24(16-28(27)40-18-19-7-11-32-12-8-19)34-13-9-25(22)41-26-6-5-20(14-23(26)31)36-30(38)29(37)35-17-21-4-2-3-10-33-21/h2-6,9-10,13-16,19,32H,7-8,11-12,17-18H2,1H3,(H,35,37)(H,36,38). The molecule has 1 fully saturated rings. The number of carbonyl (C=O) groups excluding carboxylic acids is 2. The number of halogens is 1. The smallest absolute Gasteiger partial charge is 0.313 e. The summed E-state index contributed by atoms with van der Waals surface area (Å²) in [6.45, 7) is 2.64. The molecule has 0 radical (unpaired) electrons. The van der Waals surface area contributed by atoms with Crippen molar-refractivity contribution in [1.29, 1.82) is 0 Å². The Morgan fingerprint density at radius 1 is 0.951 bits per heavy atom. The number of amides is 2. The molecule has 1 aliphatic heterocycles. The second-order valence-corrected chi connectivity index (χ2v) is 9.54. The van der Waals surface area contributed by atoms with Crippen molar-refractivity contribution in [3.63, 3.8) is 0 Å². The van der Waals surface area contributed by atoms with E-state index in [4.69, 9.17) is 14.2 Å². The fraction of sp³-hybridized carbons (Fsp3) is 0.267. The van der Waals surface area contributed by atoms with Gasteiger partial charge in [0.1, 0.15) is 5.75 Å². The van der Waals surface area contributed by atoms with E-state index in [1.54, 1.807) is 55.9 Å². The molecule has 0 unspecified atom stereocenters. The highest BCUT2D eigenvalue weighted by molar-refractivity contribution is 6.39. The van der Waals surface area contributed by atoms with Gasteiger partial charge in [-0.15, -0.1) is 0 Å². The van der Waals surface area contributed by atoms with Crippen LogP contribution in [0.4, 0.5) is 10.1 Å². The number of methoxy groups -OCH3 is 1. The first kappa shape index (κ1) is 27.8. The van der Waals surface area contributed by atoms with Crippen LogP contribution in [0.15, 0.2) is 67.0 Å². The number of carbonyl (C=O) groups is 2. The molecule has 1 saturated heterocycles. The van der Waals surface area contributed by atoms with Crippen molar-refractivity contribution in [2.45, 2.75) is 19.4 Å². The molecule has 2 amide bonds. The summed E-state index contributed by atoms with van der Waals surface area (Å²) in [6, 6.07) is 14.3. The van der Waals surface area contributed by atoms with Gasteiger partial charge in [-0.1, -0.05) is 6.07 Å². The normalized spacial score (nSPS) is 13.4. The lowest BCUT2D eigenvalue weighted by atomic mass is 9.99. The number of hydrogen-bond acceptors (Lipinski definition) is 8. The van der Waals surface area contributed by atoms with Gasteiger partial charge in [-0.2, -0.15) is 0 Å². The highest BCUT2D eigenvalue weighted by Crippen LogP contribution is 2.38. The van der Waals surface area contributed by atoms with E-state index in [1.807, 2.05) is 0 Å². The van der Waals surface area contributed by atoms with E-state index in [2.05, 4.69) is 25.9 Å².